The molecule has 1 fully saturated rings. The minimum absolute atomic E-state index is 0.0504. The van der Waals surface area contributed by atoms with Gasteiger partial charge in [0, 0.05) is 35.9 Å². The fraction of sp³-hybridized carbons (Fsp3) is 0.192. The Morgan fingerprint density at radius 1 is 0.970 bits per heavy atom. The number of nitrogens with zero attached hydrogens (tertiary/aromatic N) is 1. The lowest BCUT2D eigenvalue weighted by atomic mass is 10.1. The van der Waals surface area contributed by atoms with Gasteiger partial charge in [-0.25, -0.2) is 12.4 Å². The second-order valence-corrected chi connectivity index (χ2v) is 9.91. The van der Waals surface area contributed by atoms with Crippen LogP contribution in [0.5, 0.6) is 0 Å². The number of ether oxygens (including phenoxy) is 1. The summed E-state index contributed by atoms with van der Waals surface area (Å²) in [6.45, 7) is 1.18. The number of nitrogens with one attached hydrogen (secondary N) is 1. The number of amides is 1. The molecule has 1 amide bonds. The Hall–Kier alpha value is -3.42. The quantitative estimate of drug-likeness (QED) is 0.461. The predicted octanol–water partition coefficient (Wildman–Crippen LogP) is 4.45. The summed E-state index contributed by atoms with van der Waals surface area (Å²) in [4.78, 5) is 12.6. The van der Waals surface area contributed by atoms with Crippen molar-refractivity contribution in [2.45, 2.75) is 23.8 Å². The summed E-state index contributed by atoms with van der Waals surface area (Å²) in [5, 5.41) is 3.72. The molecule has 5 rings (SSSR count). The number of aromatic nitrogens is 1. The van der Waals surface area contributed by atoms with E-state index in [-0.39, 0.29) is 16.9 Å². The van der Waals surface area contributed by atoms with Gasteiger partial charge in [0.15, 0.2) is 0 Å². The van der Waals surface area contributed by atoms with Crippen LogP contribution < -0.4 is 5.32 Å². The van der Waals surface area contributed by atoms with Gasteiger partial charge in [-0.1, -0.05) is 48.5 Å². The van der Waals surface area contributed by atoms with Gasteiger partial charge in [0.1, 0.15) is 0 Å². The Balaban J connectivity index is 1.45. The number of carbonyl (C=O) groups excluding carboxylic acids is 1. The Bertz CT molecular complexity index is 1390. The molecule has 33 heavy (non-hydrogen) atoms. The van der Waals surface area contributed by atoms with E-state index in [0.29, 0.717) is 17.6 Å². The van der Waals surface area contributed by atoms with Crippen LogP contribution >= 0.6 is 0 Å². The monoisotopic (exact) mass is 460 g/mol. The van der Waals surface area contributed by atoms with Gasteiger partial charge in [-0.2, -0.15) is 0 Å². The lowest BCUT2D eigenvalue weighted by molar-refractivity contribution is 0.0857. The summed E-state index contributed by atoms with van der Waals surface area (Å²) in [7, 11) is -3.86. The highest BCUT2D eigenvalue weighted by atomic mass is 32.2. The van der Waals surface area contributed by atoms with Crippen LogP contribution in [0.2, 0.25) is 0 Å². The molecule has 3 aromatic carbocycles. The summed E-state index contributed by atoms with van der Waals surface area (Å²) in [5.41, 5.74) is 2.81. The molecule has 0 aliphatic carbocycles. The van der Waals surface area contributed by atoms with Crippen molar-refractivity contribution in [2.24, 2.45) is 0 Å². The zero-order chi connectivity index (χ0) is 22.8. The molecule has 1 atom stereocenters. The van der Waals surface area contributed by atoms with E-state index < -0.39 is 10.0 Å². The van der Waals surface area contributed by atoms with E-state index in [1.54, 1.807) is 24.4 Å². The first-order valence-corrected chi connectivity index (χ1v) is 12.4. The number of fused-ring (bicyclic) bond motifs is 1. The zero-order valence-electron chi connectivity index (χ0n) is 18.0. The third-order valence-electron chi connectivity index (χ3n) is 5.95. The first kappa shape index (κ1) is 21.4. The van der Waals surface area contributed by atoms with E-state index in [0.717, 1.165) is 36.0 Å². The molecule has 4 aromatic rings. The minimum Gasteiger partial charge on any atom is -0.376 e. The molecule has 0 radical (unpaired) electrons. The van der Waals surface area contributed by atoms with Crippen LogP contribution in [0.3, 0.4) is 0 Å². The van der Waals surface area contributed by atoms with E-state index in [1.165, 1.54) is 16.1 Å². The molecule has 6 nitrogen and oxygen atoms in total. The second kappa shape index (κ2) is 8.84. The van der Waals surface area contributed by atoms with Crippen molar-refractivity contribution < 1.29 is 17.9 Å². The van der Waals surface area contributed by atoms with E-state index in [4.69, 9.17) is 4.74 Å². The van der Waals surface area contributed by atoms with Crippen LogP contribution in [0.25, 0.3) is 22.0 Å². The third-order valence-corrected chi connectivity index (χ3v) is 7.64. The molecule has 1 aromatic heterocycles. The molecule has 2 heterocycles. The highest BCUT2D eigenvalue weighted by Gasteiger charge is 2.22. The number of hydrogen-bond donors (Lipinski definition) is 1. The fourth-order valence-electron chi connectivity index (χ4n) is 4.20. The molecule has 0 bridgehead atoms. The Morgan fingerprint density at radius 2 is 1.70 bits per heavy atom. The van der Waals surface area contributed by atoms with Crippen LogP contribution in [-0.2, 0) is 14.8 Å². The molecule has 1 aliphatic rings. The number of benzene rings is 3. The van der Waals surface area contributed by atoms with E-state index in [2.05, 4.69) is 5.32 Å². The molecule has 0 saturated carbocycles. The van der Waals surface area contributed by atoms with Gasteiger partial charge in [-0.05, 0) is 48.7 Å². The third kappa shape index (κ3) is 4.17. The normalized spacial score (nSPS) is 16.2. The predicted molar refractivity (Wildman–Crippen MR) is 128 cm³/mol. The van der Waals surface area contributed by atoms with Crippen molar-refractivity contribution in [1.29, 1.82) is 0 Å². The van der Waals surface area contributed by atoms with Crippen LogP contribution in [0.15, 0.2) is 90.0 Å². The number of carbonyl (C=O) groups is 1. The largest absolute Gasteiger partial charge is 0.376 e. The lowest BCUT2D eigenvalue weighted by Gasteiger charge is -2.11. The number of hydrogen-bond acceptors (Lipinski definition) is 4. The van der Waals surface area contributed by atoms with Crippen LogP contribution in [-0.4, -0.2) is 37.6 Å². The van der Waals surface area contributed by atoms with Gasteiger partial charge in [0.25, 0.3) is 15.9 Å². The zero-order valence-corrected chi connectivity index (χ0v) is 18.8. The summed E-state index contributed by atoms with van der Waals surface area (Å²) in [5.74, 6) is -0.243. The van der Waals surface area contributed by atoms with Gasteiger partial charge in [0.05, 0.1) is 16.5 Å². The first-order valence-electron chi connectivity index (χ1n) is 10.9. The van der Waals surface area contributed by atoms with E-state index >= 15 is 0 Å². The van der Waals surface area contributed by atoms with Crippen molar-refractivity contribution in [2.75, 3.05) is 13.2 Å². The summed E-state index contributed by atoms with van der Waals surface area (Å²) in [6, 6.07) is 23.2. The maximum absolute atomic E-state index is 13.5. The van der Waals surface area contributed by atoms with Crippen molar-refractivity contribution in [1.82, 2.24) is 9.29 Å². The molecular formula is C26H24N2O4S. The average molecular weight is 461 g/mol. The van der Waals surface area contributed by atoms with Crippen molar-refractivity contribution in [3.63, 3.8) is 0 Å². The summed E-state index contributed by atoms with van der Waals surface area (Å²) in [6.07, 6.45) is 3.66. The number of para-hydroxylation sites is 1. The van der Waals surface area contributed by atoms with Crippen molar-refractivity contribution in [3.8, 4) is 11.1 Å². The summed E-state index contributed by atoms with van der Waals surface area (Å²) < 4.78 is 33.9. The Labute approximate surface area is 192 Å². The molecule has 1 aliphatic heterocycles. The maximum Gasteiger partial charge on any atom is 0.268 e. The molecule has 0 spiro atoms. The van der Waals surface area contributed by atoms with Crippen LogP contribution in [0.1, 0.15) is 23.2 Å². The second-order valence-electron chi connectivity index (χ2n) is 8.10. The average Bonchev–Trinajstić information content (AvgIpc) is 3.51. The fourth-order valence-corrected chi connectivity index (χ4v) is 5.57. The van der Waals surface area contributed by atoms with Crippen LogP contribution in [0.4, 0.5) is 0 Å². The first-order chi connectivity index (χ1) is 16.0. The highest BCUT2D eigenvalue weighted by Crippen LogP contribution is 2.32. The van der Waals surface area contributed by atoms with Crippen molar-refractivity contribution >= 4 is 26.8 Å². The molecule has 7 heteroatoms. The number of rotatable bonds is 6. The Kier molecular flexibility index (Phi) is 5.74. The van der Waals surface area contributed by atoms with Gasteiger partial charge in [0.2, 0.25) is 0 Å². The summed E-state index contributed by atoms with van der Waals surface area (Å²) >= 11 is 0. The molecular weight excluding hydrogens is 436 g/mol. The lowest BCUT2D eigenvalue weighted by Crippen LogP contribution is -2.31. The van der Waals surface area contributed by atoms with E-state index in [9.17, 15) is 13.2 Å². The highest BCUT2D eigenvalue weighted by molar-refractivity contribution is 7.90. The smallest absolute Gasteiger partial charge is 0.268 e. The molecule has 168 valence electrons. The van der Waals surface area contributed by atoms with E-state index in [1.807, 2.05) is 48.5 Å². The van der Waals surface area contributed by atoms with Crippen LogP contribution in [0, 0.1) is 0 Å². The van der Waals surface area contributed by atoms with Gasteiger partial charge >= 0.3 is 0 Å². The SMILES string of the molecule is O=C(NCC1CCCO1)c1ccc(S(=O)(=O)n2cc(-c3ccccc3)c3ccccc32)cc1. The maximum atomic E-state index is 13.5. The van der Waals surface area contributed by atoms with Gasteiger partial charge in [-0.15, -0.1) is 0 Å². The standard InChI is InChI=1S/C26H24N2O4S/c29-26(27-17-21-9-6-16-32-21)20-12-14-22(15-13-20)33(30,31)28-18-24(19-7-2-1-3-8-19)23-10-4-5-11-25(23)28/h1-5,7-8,10-15,18,21H,6,9,16-17H2,(H,27,29). The molecule has 1 unspecified atom stereocenters. The van der Waals surface area contributed by atoms with Gasteiger partial charge < -0.3 is 10.1 Å². The Morgan fingerprint density at radius 3 is 2.42 bits per heavy atom. The topological polar surface area (TPSA) is 77.4 Å². The molecule has 1 saturated heterocycles. The minimum atomic E-state index is -3.86. The van der Waals surface area contributed by atoms with Crippen molar-refractivity contribution in [3.05, 3.63) is 90.6 Å². The van der Waals surface area contributed by atoms with Gasteiger partial charge in [-0.3, -0.25) is 4.79 Å². The molecule has 1 N–H and O–H groups in total.